The Kier molecular flexibility index (Phi) is 3.58. The third-order valence-corrected chi connectivity index (χ3v) is 4.80. The van der Waals surface area contributed by atoms with E-state index in [4.69, 9.17) is 19.9 Å². The summed E-state index contributed by atoms with van der Waals surface area (Å²) in [5.41, 5.74) is 2.52. The molecule has 2 aromatic rings. The van der Waals surface area contributed by atoms with Crippen molar-refractivity contribution in [3.8, 4) is 6.07 Å². The molecule has 0 aromatic carbocycles. The second-order valence-corrected chi connectivity index (χ2v) is 6.79. The lowest BCUT2D eigenvalue weighted by Crippen LogP contribution is -2.47. The summed E-state index contributed by atoms with van der Waals surface area (Å²) in [4.78, 5) is 15.5. The van der Waals surface area contributed by atoms with Crippen molar-refractivity contribution in [3.05, 3.63) is 24.2 Å². The lowest BCUT2D eigenvalue weighted by molar-refractivity contribution is -0.114. The number of hydrogen-bond donors (Lipinski definition) is 3. The highest BCUT2D eigenvalue weighted by atomic mass is 16.8. The smallest absolute Gasteiger partial charge is 0.432 e. The maximum Gasteiger partial charge on any atom is 0.509 e. The molecule has 1 unspecified atom stereocenters. The average molecular weight is 375 g/mol. The molecule has 4 rings (SSSR count). The minimum Gasteiger partial charge on any atom is -0.432 e. The van der Waals surface area contributed by atoms with Crippen LogP contribution < -0.4 is 5.73 Å². The lowest BCUT2D eigenvalue weighted by atomic mass is 9.90. The van der Waals surface area contributed by atoms with Crippen LogP contribution in [0.3, 0.4) is 0 Å². The van der Waals surface area contributed by atoms with Crippen molar-refractivity contribution in [1.29, 1.82) is 5.26 Å². The number of aliphatic hydroxyl groups excluding tert-OH is 1. The Balaban J connectivity index is 1.65. The van der Waals surface area contributed by atoms with Crippen LogP contribution in [-0.2, 0) is 19.8 Å². The van der Waals surface area contributed by atoms with Crippen LogP contribution in [0.4, 0.5) is 10.6 Å². The maximum atomic E-state index is 11.7. The highest BCUT2D eigenvalue weighted by Gasteiger charge is 2.84. The number of rotatable bonds is 3. The molecule has 5 atom stereocenters. The fourth-order valence-electron chi connectivity index (χ4n) is 3.45. The molecule has 3 heterocycles. The first-order valence-electron chi connectivity index (χ1n) is 8.21. The van der Waals surface area contributed by atoms with Gasteiger partial charge in [-0.25, -0.2) is 14.3 Å². The summed E-state index contributed by atoms with van der Waals surface area (Å²) in [6, 6.07) is 4.98. The second-order valence-electron chi connectivity index (χ2n) is 6.79. The van der Waals surface area contributed by atoms with Crippen LogP contribution in [0.1, 0.15) is 19.5 Å². The number of nitrogens with zero attached hydrogens (tertiary/aromatic N) is 4. The van der Waals surface area contributed by atoms with E-state index in [0.29, 0.717) is 5.52 Å². The van der Waals surface area contributed by atoms with E-state index in [1.807, 2.05) is 6.07 Å². The van der Waals surface area contributed by atoms with Crippen molar-refractivity contribution in [2.24, 2.45) is 0 Å². The van der Waals surface area contributed by atoms with Gasteiger partial charge in [-0.05, 0) is 26.0 Å². The van der Waals surface area contributed by atoms with E-state index in [1.165, 1.54) is 16.9 Å². The van der Waals surface area contributed by atoms with Gasteiger partial charge >= 0.3 is 6.16 Å². The Morgan fingerprint density at radius 1 is 1.52 bits per heavy atom. The summed E-state index contributed by atoms with van der Waals surface area (Å²) in [5.74, 6) is 0.179. The van der Waals surface area contributed by atoms with E-state index in [9.17, 15) is 20.3 Å². The number of nitrogens with two attached hydrogens (primary N) is 1. The maximum absolute atomic E-state index is 11.7. The lowest BCUT2D eigenvalue weighted by Gasteiger charge is -2.29. The van der Waals surface area contributed by atoms with E-state index in [0.717, 1.165) is 0 Å². The molecule has 1 saturated heterocycles. The molecule has 2 fully saturated rings. The molecule has 2 aliphatic rings. The molecule has 0 radical (unpaired) electrons. The second kappa shape index (κ2) is 5.53. The molecule has 0 amide bonds. The summed E-state index contributed by atoms with van der Waals surface area (Å²) in [6.45, 7) is 3.28. The number of nitriles is 1. The molecule has 4 N–H and O–H groups in total. The zero-order chi connectivity index (χ0) is 19.6. The zero-order valence-electron chi connectivity index (χ0n) is 14.4. The minimum atomic E-state index is -1.94. The van der Waals surface area contributed by atoms with E-state index >= 15 is 0 Å². The molecular weight excluding hydrogens is 358 g/mol. The highest BCUT2D eigenvalue weighted by molar-refractivity contribution is 5.66. The first-order chi connectivity index (χ1) is 12.8. The van der Waals surface area contributed by atoms with Gasteiger partial charge in [0, 0.05) is 0 Å². The van der Waals surface area contributed by atoms with E-state index < -0.39 is 41.8 Å². The topological polar surface area (TPSA) is 165 Å². The number of ether oxygens (including phenoxy) is 3. The minimum absolute atomic E-state index is 0.172. The van der Waals surface area contributed by atoms with Crippen LogP contribution in [0.25, 0.3) is 5.52 Å². The first-order valence-corrected chi connectivity index (χ1v) is 8.21. The van der Waals surface area contributed by atoms with Crippen LogP contribution in [-0.4, -0.2) is 61.0 Å². The third-order valence-electron chi connectivity index (χ3n) is 4.80. The van der Waals surface area contributed by atoms with Gasteiger partial charge in [0.2, 0.25) is 5.60 Å². The van der Waals surface area contributed by atoms with Crippen molar-refractivity contribution in [2.45, 2.75) is 49.5 Å². The van der Waals surface area contributed by atoms with Gasteiger partial charge in [-0.3, -0.25) is 0 Å². The van der Waals surface area contributed by atoms with Crippen molar-refractivity contribution in [1.82, 2.24) is 14.6 Å². The summed E-state index contributed by atoms with van der Waals surface area (Å²) in [6.07, 6.45) is -4.15. The van der Waals surface area contributed by atoms with Crippen molar-refractivity contribution in [3.63, 3.8) is 0 Å². The number of nitrogen functional groups attached to an aromatic ring is 1. The molecule has 11 nitrogen and oxygen atoms in total. The van der Waals surface area contributed by atoms with Crippen molar-refractivity contribution >= 4 is 17.5 Å². The highest BCUT2D eigenvalue weighted by Crippen LogP contribution is 2.59. The predicted octanol–water partition coefficient (Wildman–Crippen LogP) is -0.535. The largest absolute Gasteiger partial charge is 0.509 e. The van der Waals surface area contributed by atoms with Gasteiger partial charge in [-0.2, -0.15) is 10.4 Å². The molecule has 27 heavy (non-hydrogen) atoms. The number of hydrogen-bond acceptors (Lipinski definition) is 10. The summed E-state index contributed by atoms with van der Waals surface area (Å²) in [7, 11) is 0. The average Bonchev–Trinajstić information content (AvgIpc) is 2.93. The molecule has 0 bridgehead atoms. The Hall–Kier alpha value is -2.94. The van der Waals surface area contributed by atoms with Crippen LogP contribution >= 0.6 is 0 Å². The number of aliphatic hydroxyl groups is 2. The fourth-order valence-corrected chi connectivity index (χ4v) is 3.45. The molecule has 1 aliphatic heterocycles. The predicted molar refractivity (Wildman–Crippen MR) is 87.0 cm³/mol. The third kappa shape index (κ3) is 2.21. The zero-order valence-corrected chi connectivity index (χ0v) is 14.4. The number of anilines is 1. The summed E-state index contributed by atoms with van der Waals surface area (Å²) >= 11 is 0. The van der Waals surface area contributed by atoms with E-state index in [-0.39, 0.29) is 11.5 Å². The van der Waals surface area contributed by atoms with Gasteiger partial charge in [-0.1, -0.05) is 0 Å². The number of carbonyl (C=O) groups is 1. The molecule has 2 aromatic heterocycles. The quantitative estimate of drug-likeness (QED) is 0.593. The molecular formula is C16H17N5O6. The van der Waals surface area contributed by atoms with Gasteiger partial charge in [0.25, 0.3) is 0 Å². The summed E-state index contributed by atoms with van der Waals surface area (Å²) < 4.78 is 16.9. The Morgan fingerprint density at radius 3 is 2.85 bits per heavy atom. The SMILES string of the molecule is CC(C)OC(=O)OC1[C@H]2O[C@@](C#N)(c3ccc4c(N)ncnn34)[C@H](O)[C@@]12O. The van der Waals surface area contributed by atoms with Crippen LogP contribution in [0.5, 0.6) is 0 Å². The van der Waals surface area contributed by atoms with Crippen LogP contribution in [0.15, 0.2) is 18.5 Å². The Bertz CT molecular complexity index is 970. The first kappa shape index (κ1) is 17.5. The van der Waals surface area contributed by atoms with Crippen LogP contribution in [0.2, 0.25) is 0 Å². The molecule has 1 saturated carbocycles. The van der Waals surface area contributed by atoms with E-state index in [1.54, 1.807) is 19.9 Å². The van der Waals surface area contributed by atoms with Crippen molar-refractivity contribution < 1.29 is 29.2 Å². The fraction of sp³-hybridized carbons (Fsp3) is 0.500. The van der Waals surface area contributed by atoms with Crippen molar-refractivity contribution in [2.75, 3.05) is 5.73 Å². The van der Waals surface area contributed by atoms with Gasteiger partial charge < -0.3 is 30.2 Å². The Morgan fingerprint density at radius 2 is 2.26 bits per heavy atom. The molecule has 1 aliphatic carbocycles. The molecule has 11 heteroatoms. The van der Waals surface area contributed by atoms with Gasteiger partial charge in [-0.15, -0.1) is 0 Å². The van der Waals surface area contributed by atoms with Gasteiger partial charge in [0.15, 0.2) is 17.5 Å². The number of fused-ring (bicyclic) bond motifs is 2. The normalized spacial score (nSPS) is 34.3. The Labute approximate surface area is 152 Å². The monoisotopic (exact) mass is 375 g/mol. The molecule has 142 valence electrons. The standard InChI is InChI=1S/C16H17N5O6/c1-7(2)25-14(23)26-10-11-16(10,24)13(22)15(5-17,27-11)9-4-3-8-12(18)19-6-20-21(8)9/h3-4,6-7,10-11,13,22,24H,1-2H3,(H2,18,19,20)/t10?,11-,13+,15+,16-/m1/s1. The number of carbonyl (C=O) groups excluding carboxylic acids is 1. The van der Waals surface area contributed by atoms with Gasteiger partial charge in [0.05, 0.1) is 11.8 Å². The molecule has 0 spiro atoms. The number of aromatic nitrogens is 3. The van der Waals surface area contributed by atoms with Crippen LogP contribution in [0, 0.1) is 11.3 Å². The van der Waals surface area contributed by atoms with Gasteiger partial charge in [0.1, 0.15) is 30.1 Å². The van der Waals surface area contributed by atoms with E-state index in [2.05, 4.69) is 10.1 Å². The summed E-state index contributed by atoms with van der Waals surface area (Å²) in [5, 5.41) is 35.3.